The summed E-state index contributed by atoms with van der Waals surface area (Å²) in [7, 11) is 0. The van der Waals surface area contributed by atoms with E-state index in [4.69, 9.17) is 0 Å². The van der Waals surface area contributed by atoms with Crippen LogP contribution in [-0.2, 0) is 22.6 Å². The van der Waals surface area contributed by atoms with Gasteiger partial charge in [-0.3, -0.25) is 19.3 Å². The number of piperidine rings is 1. The number of nitrogens with one attached hydrogen (secondary N) is 1. The summed E-state index contributed by atoms with van der Waals surface area (Å²) in [5.74, 6) is -0.637. The van der Waals surface area contributed by atoms with E-state index in [1.807, 2.05) is 6.07 Å². The number of hydrogen-bond donors (Lipinski definition) is 1. The number of carbonyl (C=O) groups is 3. The SMILES string of the molecule is O=C(CC1NC(=O)N(CCc2ccc(F)cc2)C1=O)N1CC2CC(C1)c1cccc(=O)n1C2. The Morgan fingerprint density at radius 1 is 1.03 bits per heavy atom. The van der Waals surface area contributed by atoms with E-state index in [0.717, 1.165) is 22.6 Å². The lowest BCUT2D eigenvalue weighted by Crippen LogP contribution is -2.50. The molecule has 3 atom stereocenters. The lowest BCUT2D eigenvalue weighted by molar-refractivity contribution is -0.137. The zero-order valence-corrected chi connectivity index (χ0v) is 18.1. The van der Waals surface area contributed by atoms with Crippen LogP contribution in [0.3, 0.4) is 0 Å². The van der Waals surface area contributed by atoms with E-state index in [9.17, 15) is 23.6 Å². The summed E-state index contributed by atoms with van der Waals surface area (Å²) < 4.78 is 14.9. The summed E-state index contributed by atoms with van der Waals surface area (Å²) in [5, 5.41) is 2.63. The molecule has 2 fully saturated rings. The molecule has 33 heavy (non-hydrogen) atoms. The summed E-state index contributed by atoms with van der Waals surface area (Å²) in [6, 6.07) is 9.78. The molecular formula is C24H25FN4O4. The predicted octanol–water partition coefficient (Wildman–Crippen LogP) is 1.49. The monoisotopic (exact) mass is 452 g/mol. The van der Waals surface area contributed by atoms with Gasteiger partial charge in [-0.05, 0) is 42.5 Å². The first-order valence-corrected chi connectivity index (χ1v) is 11.2. The number of pyridine rings is 1. The third-order valence-electron chi connectivity index (χ3n) is 6.86. The van der Waals surface area contributed by atoms with Crippen molar-refractivity contribution in [3.63, 3.8) is 0 Å². The van der Waals surface area contributed by atoms with Crippen molar-refractivity contribution in [2.75, 3.05) is 19.6 Å². The van der Waals surface area contributed by atoms with E-state index < -0.39 is 18.0 Å². The number of nitrogens with zero attached hydrogens (tertiary/aromatic N) is 3. The molecule has 2 aromatic rings. The van der Waals surface area contributed by atoms with Gasteiger partial charge in [0.05, 0.1) is 6.42 Å². The molecule has 3 unspecified atom stereocenters. The fourth-order valence-electron chi connectivity index (χ4n) is 5.22. The molecule has 5 rings (SSSR count). The van der Waals surface area contributed by atoms with Crippen molar-refractivity contribution in [3.8, 4) is 0 Å². The van der Waals surface area contributed by atoms with Crippen LogP contribution in [0.1, 0.15) is 30.0 Å². The van der Waals surface area contributed by atoms with Crippen LogP contribution in [0.4, 0.5) is 9.18 Å². The fraction of sp³-hybridized carbons (Fsp3) is 0.417. The topological polar surface area (TPSA) is 91.7 Å². The van der Waals surface area contributed by atoms with Gasteiger partial charge in [0.2, 0.25) is 5.91 Å². The number of fused-ring (bicyclic) bond motifs is 4. The van der Waals surface area contributed by atoms with Gasteiger partial charge < -0.3 is 14.8 Å². The van der Waals surface area contributed by atoms with Gasteiger partial charge in [-0.1, -0.05) is 18.2 Å². The highest BCUT2D eigenvalue weighted by Gasteiger charge is 2.41. The molecule has 0 spiro atoms. The second kappa shape index (κ2) is 8.46. The summed E-state index contributed by atoms with van der Waals surface area (Å²) >= 11 is 0. The van der Waals surface area contributed by atoms with E-state index >= 15 is 0 Å². The second-order valence-corrected chi connectivity index (χ2v) is 9.07. The molecule has 8 nitrogen and oxygen atoms in total. The number of amides is 4. The van der Waals surface area contributed by atoms with Crippen molar-refractivity contribution in [2.24, 2.45) is 5.92 Å². The van der Waals surface area contributed by atoms with Crippen LogP contribution in [0.15, 0.2) is 47.3 Å². The first-order chi connectivity index (χ1) is 15.9. The maximum Gasteiger partial charge on any atom is 0.324 e. The Bertz CT molecular complexity index is 1160. The molecule has 1 aromatic heterocycles. The van der Waals surface area contributed by atoms with Crippen molar-refractivity contribution in [1.29, 1.82) is 0 Å². The van der Waals surface area contributed by atoms with Crippen molar-refractivity contribution < 1.29 is 18.8 Å². The van der Waals surface area contributed by atoms with Crippen LogP contribution in [0.5, 0.6) is 0 Å². The fourth-order valence-corrected chi connectivity index (χ4v) is 5.22. The van der Waals surface area contributed by atoms with Gasteiger partial charge in [-0.2, -0.15) is 0 Å². The molecule has 9 heteroatoms. The van der Waals surface area contributed by atoms with Crippen molar-refractivity contribution in [2.45, 2.75) is 37.8 Å². The predicted molar refractivity (Wildman–Crippen MR) is 117 cm³/mol. The lowest BCUT2D eigenvalue weighted by atomic mass is 9.83. The number of rotatable bonds is 5. The van der Waals surface area contributed by atoms with Gasteiger partial charge in [-0.15, -0.1) is 0 Å². The second-order valence-electron chi connectivity index (χ2n) is 9.07. The molecule has 4 amide bonds. The number of imide groups is 1. The Labute approximate surface area is 190 Å². The quantitative estimate of drug-likeness (QED) is 0.696. The minimum Gasteiger partial charge on any atom is -0.342 e. The van der Waals surface area contributed by atoms with Gasteiger partial charge >= 0.3 is 6.03 Å². The Morgan fingerprint density at radius 3 is 2.61 bits per heavy atom. The smallest absolute Gasteiger partial charge is 0.324 e. The molecular weight excluding hydrogens is 427 g/mol. The first kappa shape index (κ1) is 21.4. The number of halogens is 1. The minimum atomic E-state index is -0.880. The van der Waals surface area contributed by atoms with E-state index in [-0.39, 0.29) is 42.1 Å². The van der Waals surface area contributed by atoms with E-state index in [1.54, 1.807) is 33.7 Å². The average molecular weight is 452 g/mol. The maximum atomic E-state index is 13.1. The highest BCUT2D eigenvalue weighted by molar-refractivity contribution is 6.05. The summed E-state index contributed by atoms with van der Waals surface area (Å²) in [6.45, 7) is 1.80. The highest BCUT2D eigenvalue weighted by atomic mass is 19.1. The van der Waals surface area contributed by atoms with Gasteiger partial charge in [0.15, 0.2) is 0 Å². The summed E-state index contributed by atoms with van der Waals surface area (Å²) in [4.78, 5) is 53.2. The third kappa shape index (κ3) is 4.15. The number of likely N-dealkylation sites (tertiary alicyclic amines) is 1. The molecule has 2 saturated heterocycles. The summed E-state index contributed by atoms with van der Waals surface area (Å²) in [5.41, 5.74) is 1.76. The zero-order chi connectivity index (χ0) is 23.1. The molecule has 4 heterocycles. The number of hydrogen-bond acceptors (Lipinski definition) is 4. The normalized spacial score (nSPS) is 24.0. The Morgan fingerprint density at radius 2 is 1.82 bits per heavy atom. The molecule has 0 saturated carbocycles. The van der Waals surface area contributed by atoms with E-state index in [2.05, 4.69) is 5.32 Å². The number of urea groups is 1. The number of aromatic nitrogens is 1. The zero-order valence-electron chi connectivity index (χ0n) is 18.1. The molecule has 2 bridgehead atoms. The van der Waals surface area contributed by atoms with Gasteiger partial charge in [-0.25, -0.2) is 9.18 Å². The highest BCUT2D eigenvalue weighted by Crippen LogP contribution is 2.35. The number of carbonyl (C=O) groups excluding carboxylic acids is 3. The van der Waals surface area contributed by atoms with Crippen LogP contribution >= 0.6 is 0 Å². The minimum absolute atomic E-state index is 0.0121. The first-order valence-electron chi connectivity index (χ1n) is 11.2. The lowest BCUT2D eigenvalue weighted by Gasteiger charge is -2.43. The van der Waals surface area contributed by atoms with Crippen molar-refractivity contribution >= 4 is 17.8 Å². The van der Waals surface area contributed by atoms with Gasteiger partial charge in [0, 0.05) is 43.9 Å². The molecule has 1 N–H and O–H groups in total. The van der Waals surface area contributed by atoms with Crippen molar-refractivity contribution in [1.82, 2.24) is 19.7 Å². The Kier molecular flexibility index (Phi) is 5.47. The van der Waals surface area contributed by atoms with E-state index in [0.29, 0.717) is 26.1 Å². The average Bonchev–Trinajstić information content (AvgIpc) is 3.06. The molecule has 3 aliphatic rings. The summed E-state index contributed by atoms with van der Waals surface area (Å²) in [6.07, 6.45) is 1.26. The molecule has 172 valence electrons. The van der Waals surface area contributed by atoms with Crippen LogP contribution in [0, 0.1) is 11.7 Å². The maximum absolute atomic E-state index is 13.1. The third-order valence-corrected chi connectivity index (χ3v) is 6.86. The van der Waals surface area contributed by atoms with Crippen LogP contribution in [-0.4, -0.2) is 57.9 Å². The van der Waals surface area contributed by atoms with Crippen LogP contribution < -0.4 is 10.9 Å². The van der Waals surface area contributed by atoms with Crippen LogP contribution in [0.2, 0.25) is 0 Å². The number of benzene rings is 1. The van der Waals surface area contributed by atoms with Crippen LogP contribution in [0.25, 0.3) is 0 Å². The largest absolute Gasteiger partial charge is 0.342 e. The molecule has 0 aliphatic carbocycles. The molecule has 3 aliphatic heterocycles. The Balaban J connectivity index is 1.20. The molecule has 0 radical (unpaired) electrons. The van der Waals surface area contributed by atoms with Gasteiger partial charge in [0.25, 0.3) is 11.5 Å². The standard InChI is InChI=1S/C24H25FN4O4/c25-18-6-4-15(5-7-18)8-9-28-23(32)19(26-24(28)33)11-22(31)27-12-16-10-17(14-27)20-2-1-3-21(30)29(20)13-16/h1-7,16-17,19H,8-14H2,(H,26,33). The van der Waals surface area contributed by atoms with Gasteiger partial charge in [0.1, 0.15) is 11.9 Å². The Hall–Kier alpha value is -3.49. The van der Waals surface area contributed by atoms with E-state index in [1.165, 1.54) is 12.1 Å². The molecule has 1 aromatic carbocycles. The van der Waals surface area contributed by atoms with Crippen molar-refractivity contribution in [3.05, 3.63) is 69.9 Å².